The molecule has 1 aliphatic rings. The molecule has 1 aliphatic heterocycles. The summed E-state index contributed by atoms with van der Waals surface area (Å²) in [7, 11) is 0. The van der Waals surface area contributed by atoms with Crippen LogP contribution in [0.1, 0.15) is 29.0 Å². The smallest absolute Gasteiger partial charge is 0.0346 e. The average Bonchev–Trinajstić information content (AvgIpc) is 2.92. The summed E-state index contributed by atoms with van der Waals surface area (Å²) in [5, 5.41) is 0. The summed E-state index contributed by atoms with van der Waals surface area (Å²) in [6.07, 6.45) is 1.26. The van der Waals surface area contributed by atoms with Crippen molar-refractivity contribution in [2.75, 3.05) is 18.8 Å². The van der Waals surface area contributed by atoms with Crippen molar-refractivity contribution >= 4 is 5.69 Å². The number of hydrogen-bond donors (Lipinski definition) is 1. The van der Waals surface area contributed by atoms with Gasteiger partial charge in [-0.3, -0.25) is 4.90 Å². The third kappa shape index (κ3) is 2.86. The number of aryl methyl sites for hydroxylation is 1. The van der Waals surface area contributed by atoms with E-state index in [9.17, 15) is 0 Å². The third-order valence-electron chi connectivity index (χ3n) is 4.29. The SMILES string of the molecule is Cc1ccc(CN2CCC(c3ccccc3)C2)cc1N. The zero-order chi connectivity index (χ0) is 13.9. The topological polar surface area (TPSA) is 29.3 Å². The molecule has 2 N–H and O–H groups in total. The van der Waals surface area contributed by atoms with E-state index in [0.29, 0.717) is 5.92 Å². The molecule has 3 rings (SSSR count). The Hall–Kier alpha value is -1.80. The minimum Gasteiger partial charge on any atom is -0.399 e. The van der Waals surface area contributed by atoms with Gasteiger partial charge in [-0.15, -0.1) is 0 Å². The molecule has 2 aromatic rings. The summed E-state index contributed by atoms with van der Waals surface area (Å²) in [6, 6.07) is 17.3. The molecule has 0 radical (unpaired) electrons. The summed E-state index contributed by atoms with van der Waals surface area (Å²) in [6.45, 7) is 5.39. The van der Waals surface area contributed by atoms with E-state index in [2.05, 4.69) is 60.4 Å². The van der Waals surface area contributed by atoms with Crippen molar-refractivity contribution in [2.24, 2.45) is 0 Å². The first-order valence-electron chi connectivity index (χ1n) is 7.34. The van der Waals surface area contributed by atoms with Gasteiger partial charge in [0, 0.05) is 18.8 Å². The number of anilines is 1. The minimum absolute atomic E-state index is 0.680. The van der Waals surface area contributed by atoms with E-state index in [4.69, 9.17) is 5.73 Å². The van der Waals surface area contributed by atoms with Gasteiger partial charge < -0.3 is 5.73 Å². The number of hydrogen-bond acceptors (Lipinski definition) is 2. The number of nitrogen functional groups attached to an aromatic ring is 1. The highest BCUT2D eigenvalue weighted by Crippen LogP contribution is 2.28. The highest BCUT2D eigenvalue weighted by Gasteiger charge is 2.23. The molecule has 1 saturated heterocycles. The lowest BCUT2D eigenvalue weighted by molar-refractivity contribution is 0.327. The lowest BCUT2D eigenvalue weighted by Gasteiger charge is -2.17. The van der Waals surface area contributed by atoms with E-state index >= 15 is 0 Å². The number of rotatable bonds is 3. The second kappa shape index (κ2) is 5.68. The average molecular weight is 266 g/mol. The zero-order valence-corrected chi connectivity index (χ0v) is 12.0. The van der Waals surface area contributed by atoms with Crippen molar-refractivity contribution in [3.05, 3.63) is 65.2 Å². The Kier molecular flexibility index (Phi) is 3.75. The first-order valence-corrected chi connectivity index (χ1v) is 7.34. The molecule has 0 saturated carbocycles. The predicted octanol–water partition coefficient (Wildman–Crippen LogP) is 3.57. The lowest BCUT2D eigenvalue weighted by atomic mass is 9.99. The molecule has 1 heterocycles. The van der Waals surface area contributed by atoms with E-state index in [1.807, 2.05) is 0 Å². The van der Waals surface area contributed by atoms with Gasteiger partial charge in [-0.25, -0.2) is 0 Å². The van der Waals surface area contributed by atoms with Gasteiger partial charge in [0.15, 0.2) is 0 Å². The van der Waals surface area contributed by atoms with Crippen LogP contribution < -0.4 is 5.73 Å². The molecule has 0 amide bonds. The van der Waals surface area contributed by atoms with Crippen molar-refractivity contribution in [1.82, 2.24) is 4.90 Å². The minimum atomic E-state index is 0.680. The number of benzene rings is 2. The normalized spacial score (nSPS) is 19.4. The van der Waals surface area contributed by atoms with Gasteiger partial charge in [0.2, 0.25) is 0 Å². The molecule has 2 nitrogen and oxygen atoms in total. The molecule has 1 fully saturated rings. The Morgan fingerprint density at radius 1 is 1.15 bits per heavy atom. The molecule has 0 spiro atoms. The van der Waals surface area contributed by atoms with Gasteiger partial charge in [0.05, 0.1) is 0 Å². The Morgan fingerprint density at radius 2 is 1.95 bits per heavy atom. The maximum Gasteiger partial charge on any atom is 0.0346 e. The summed E-state index contributed by atoms with van der Waals surface area (Å²) in [5.74, 6) is 0.680. The van der Waals surface area contributed by atoms with Crippen LogP contribution in [0.2, 0.25) is 0 Å². The summed E-state index contributed by atoms with van der Waals surface area (Å²) >= 11 is 0. The molecule has 0 aromatic heterocycles. The molecule has 2 heteroatoms. The maximum atomic E-state index is 5.99. The Bertz CT molecular complexity index is 577. The van der Waals surface area contributed by atoms with Crippen molar-refractivity contribution in [3.63, 3.8) is 0 Å². The van der Waals surface area contributed by atoms with Gasteiger partial charge in [-0.05, 0) is 48.6 Å². The fraction of sp³-hybridized carbons (Fsp3) is 0.333. The Labute approximate surface area is 121 Å². The summed E-state index contributed by atoms with van der Waals surface area (Å²) in [5.41, 5.74) is 10.9. The van der Waals surface area contributed by atoms with Gasteiger partial charge >= 0.3 is 0 Å². The summed E-state index contributed by atoms with van der Waals surface area (Å²) < 4.78 is 0. The summed E-state index contributed by atoms with van der Waals surface area (Å²) in [4.78, 5) is 2.53. The largest absolute Gasteiger partial charge is 0.399 e. The molecule has 1 atom stereocenters. The van der Waals surface area contributed by atoms with Crippen LogP contribution >= 0.6 is 0 Å². The molecular weight excluding hydrogens is 244 g/mol. The van der Waals surface area contributed by atoms with Gasteiger partial charge in [0.25, 0.3) is 0 Å². The van der Waals surface area contributed by atoms with Gasteiger partial charge in [0.1, 0.15) is 0 Å². The van der Waals surface area contributed by atoms with Crippen LogP contribution in [-0.2, 0) is 6.54 Å². The first kappa shape index (κ1) is 13.2. The van der Waals surface area contributed by atoms with Crippen LogP contribution in [-0.4, -0.2) is 18.0 Å². The molecule has 2 aromatic carbocycles. The van der Waals surface area contributed by atoms with E-state index in [1.54, 1.807) is 0 Å². The molecular formula is C18H22N2. The van der Waals surface area contributed by atoms with Crippen molar-refractivity contribution in [2.45, 2.75) is 25.8 Å². The van der Waals surface area contributed by atoms with Crippen LogP contribution in [0.4, 0.5) is 5.69 Å². The van der Waals surface area contributed by atoms with E-state index in [0.717, 1.165) is 24.3 Å². The second-order valence-electron chi connectivity index (χ2n) is 5.82. The van der Waals surface area contributed by atoms with Crippen LogP contribution in [0, 0.1) is 6.92 Å². The molecule has 104 valence electrons. The third-order valence-corrected chi connectivity index (χ3v) is 4.29. The van der Waals surface area contributed by atoms with Crippen LogP contribution in [0.25, 0.3) is 0 Å². The first-order chi connectivity index (χ1) is 9.72. The van der Waals surface area contributed by atoms with Crippen LogP contribution in [0.5, 0.6) is 0 Å². The van der Waals surface area contributed by atoms with Gasteiger partial charge in [-0.1, -0.05) is 42.5 Å². The highest BCUT2D eigenvalue weighted by molar-refractivity contribution is 5.48. The standard InChI is InChI=1S/C18H22N2/c1-14-7-8-15(11-18(14)19)12-20-10-9-17(13-20)16-5-3-2-4-6-16/h2-8,11,17H,9-10,12-13,19H2,1H3. The van der Waals surface area contributed by atoms with Crippen molar-refractivity contribution in [1.29, 1.82) is 0 Å². The zero-order valence-electron chi connectivity index (χ0n) is 12.0. The van der Waals surface area contributed by atoms with E-state index < -0.39 is 0 Å². The Balaban J connectivity index is 1.64. The van der Waals surface area contributed by atoms with Gasteiger partial charge in [-0.2, -0.15) is 0 Å². The van der Waals surface area contributed by atoms with E-state index in [-0.39, 0.29) is 0 Å². The van der Waals surface area contributed by atoms with E-state index in [1.165, 1.54) is 24.1 Å². The quantitative estimate of drug-likeness (QED) is 0.861. The molecule has 0 bridgehead atoms. The van der Waals surface area contributed by atoms with Crippen LogP contribution in [0.3, 0.4) is 0 Å². The molecule has 20 heavy (non-hydrogen) atoms. The molecule has 0 aliphatic carbocycles. The number of nitrogens with two attached hydrogens (primary N) is 1. The lowest BCUT2D eigenvalue weighted by Crippen LogP contribution is -2.19. The number of likely N-dealkylation sites (tertiary alicyclic amines) is 1. The maximum absolute atomic E-state index is 5.99. The van der Waals surface area contributed by atoms with Crippen molar-refractivity contribution in [3.8, 4) is 0 Å². The molecule has 1 unspecified atom stereocenters. The monoisotopic (exact) mass is 266 g/mol. The fourth-order valence-corrected chi connectivity index (χ4v) is 3.02. The fourth-order valence-electron chi connectivity index (χ4n) is 3.02. The highest BCUT2D eigenvalue weighted by atomic mass is 15.1. The predicted molar refractivity (Wildman–Crippen MR) is 84.7 cm³/mol. The van der Waals surface area contributed by atoms with Crippen LogP contribution in [0.15, 0.2) is 48.5 Å². The Morgan fingerprint density at radius 3 is 2.70 bits per heavy atom. The number of nitrogens with zero attached hydrogens (tertiary/aromatic N) is 1. The van der Waals surface area contributed by atoms with Crippen molar-refractivity contribution < 1.29 is 0 Å². The second-order valence-corrected chi connectivity index (χ2v) is 5.82.